The second-order valence-corrected chi connectivity index (χ2v) is 11.7. The van der Waals surface area contributed by atoms with E-state index < -0.39 is 10.0 Å². The lowest BCUT2D eigenvalue weighted by molar-refractivity contribution is -0.123. The first-order chi connectivity index (χ1) is 14.4. The number of piperidine rings is 1. The highest BCUT2D eigenvalue weighted by atomic mass is 35.5. The van der Waals surface area contributed by atoms with Gasteiger partial charge in [0, 0.05) is 40.7 Å². The molecule has 2 aliphatic heterocycles. The summed E-state index contributed by atoms with van der Waals surface area (Å²) >= 11 is 7.69. The van der Waals surface area contributed by atoms with E-state index in [1.807, 2.05) is 34.9 Å². The van der Waals surface area contributed by atoms with Gasteiger partial charge in [0.25, 0.3) is 0 Å². The SMILES string of the molecule is C[C@@H]1CCN(C(=O)C2CCN(S(=O)(=O)c3ccc(Cl)cc3)CC2)c2ccccc2S1. The molecule has 8 heteroatoms. The van der Waals surface area contributed by atoms with Crippen molar-refractivity contribution in [1.29, 1.82) is 0 Å². The van der Waals surface area contributed by atoms with Gasteiger partial charge in [-0.25, -0.2) is 8.42 Å². The smallest absolute Gasteiger partial charge is 0.243 e. The van der Waals surface area contributed by atoms with Crippen molar-refractivity contribution >= 4 is 45.0 Å². The van der Waals surface area contributed by atoms with Crippen LogP contribution in [-0.4, -0.2) is 43.5 Å². The average Bonchev–Trinajstić information content (AvgIpc) is 2.92. The van der Waals surface area contributed by atoms with Crippen molar-refractivity contribution in [3.63, 3.8) is 0 Å². The zero-order valence-corrected chi connectivity index (χ0v) is 19.2. The minimum absolute atomic E-state index is 0.112. The van der Waals surface area contributed by atoms with E-state index in [1.165, 1.54) is 16.4 Å². The van der Waals surface area contributed by atoms with Crippen molar-refractivity contribution in [2.45, 2.75) is 41.2 Å². The molecule has 0 aliphatic carbocycles. The number of rotatable bonds is 3. The molecule has 1 amide bonds. The molecular weight excluding hydrogens is 440 g/mol. The lowest BCUT2D eigenvalue weighted by Crippen LogP contribution is -2.44. The van der Waals surface area contributed by atoms with Gasteiger partial charge in [0.05, 0.1) is 10.6 Å². The third-order valence-electron chi connectivity index (χ3n) is 5.76. The topological polar surface area (TPSA) is 57.7 Å². The quantitative estimate of drug-likeness (QED) is 0.663. The molecule has 0 unspecified atom stereocenters. The van der Waals surface area contributed by atoms with Gasteiger partial charge in [-0.2, -0.15) is 4.31 Å². The summed E-state index contributed by atoms with van der Waals surface area (Å²) in [7, 11) is -3.57. The number of anilines is 1. The fourth-order valence-electron chi connectivity index (χ4n) is 4.03. The number of halogens is 1. The number of para-hydroxylation sites is 1. The fourth-order valence-corrected chi connectivity index (χ4v) is 6.74. The number of benzene rings is 2. The minimum Gasteiger partial charge on any atom is -0.311 e. The minimum atomic E-state index is -3.57. The van der Waals surface area contributed by atoms with Crippen LogP contribution in [0.3, 0.4) is 0 Å². The largest absolute Gasteiger partial charge is 0.311 e. The molecule has 1 saturated heterocycles. The second-order valence-electron chi connectivity index (χ2n) is 7.81. The molecule has 5 nitrogen and oxygen atoms in total. The van der Waals surface area contributed by atoms with Gasteiger partial charge in [-0.05, 0) is 55.7 Å². The molecule has 2 heterocycles. The molecule has 0 bridgehead atoms. The number of thioether (sulfide) groups is 1. The van der Waals surface area contributed by atoms with E-state index in [0.717, 1.165) is 17.0 Å². The summed E-state index contributed by atoms with van der Waals surface area (Å²) in [6.45, 7) is 3.59. The third-order valence-corrected chi connectivity index (χ3v) is 9.17. The number of carbonyl (C=O) groups is 1. The zero-order chi connectivity index (χ0) is 21.3. The van der Waals surface area contributed by atoms with Gasteiger partial charge in [0.15, 0.2) is 0 Å². The summed E-state index contributed by atoms with van der Waals surface area (Å²) in [5, 5.41) is 0.957. The third kappa shape index (κ3) is 4.40. The van der Waals surface area contributed by atoms with Crippen molar-refractivity contribution in [2.24, 2.45) is 5.92 Å². The molecule has 2 aromatic carbocycles. The van der Waals surface area contributed by atoms with Crippen LogP contribution in [0.1, 0.15) is 26.2 Å². The Labute approximate surface area is 187 Å². The Morgan fingerprint density at radius 1 is 1.00 bits per heavy atom. The van der Waals surface area contributed by atoms with E-state index in [0.29, 0.717) is 42.7 Å². The van der Waals surface area contributed by atoms with Crippen LogP contribution in [0.15, 0.2) is 58.3 Å². The van der Waals surface area contributed by atoms with Crippen molar-refractivity contribution in [3.05, 3.63) is 53.6 Å². The van der Waals surface area contributed by atoms with Crippen LogP contribution in [0.5, 0.6) is 0 Å². The molecule has 0 aromatic heterocycles. The molecule has 1 fully saturated rings. The Balaban J connectivity index is 1.47. The van der Waals surface area contributed by atoms with Crippen molar-refractivity contribution in [2.75, 3.05) is 24.5 Å². The van der Waals surface area contributed by atoms with Crippen molar-refractivity contribution in [1.82, 2.24) is 4.31 Å². The van der Waals surface area contributed by atoms with Gasteiger partial charge in [-0.3, -0.25) is 4.79 Å². The summed E-state index contributed by atoms with van der Waals surface area (Å²) < 4.78 is 27.3. The Bertz CT molecular complexity index is 1020. The molecule has 0 saturated carbocycles. The number of hydrogen-bond acceptors (Lipinski definition) is 4. The number of fused-ring (bicyclic) bond motifs is 1. The lowest BCUT2D eigenvalue weighted by Gasteiger charge is -2.33. The maximum absolute atomic E-state index is 13.4. The van der Waals surface area contributed by atoms with Gasteiger partial charge in [-0.1, -0.05) is 30.7 Å². The predicted molar refractivity (Wildman–Crippen MR) is 122 cm³/mol. The molecule has 0 N–H and O–H groups in total. The van der Waals surface area contributed by atoms with Crippen LogP contribution >= 0.6 is 23.4 Å². The average molecular weight is 465 g/mol. The van der Waals surface area contributed by atoms with Gasteiger partial charge in [0.1, 0.15) is 0 Å². The summed E-state index contributed by atoms with van der Waals surface area (Å²) in [4.78, 5) is 16.7. The van der Waals surface area contributed by atoms with Crippen molar-refractivity contribution < 1.29 is 13.2 Å². The van der Waals surface area contributed by atoms with Crippen LogP contribution in [0.4, 0.5) is 5.69 Å². The normalized spacial score (nSPS) is 21.1. The lowest BCUT2D eigenvalue weighted by atomic mass is 9.96. The Kier molecular flexibility index (Phi) is 6.44. The standard InChI is InChI=1S/C22H25ClN2O3S2/c1-16-10-15-25(20-4-2-3-5-21(20)29-16)22(26)17-11-13-24(14-12-17)30(27,28)19-8-6-18(23)7-9-19/h2-9,16-17H,10-15H2,1H3/t16-/m1/s1. The summed E-state index contributed by atoms with van der Waals surface area (Å²) in [6.07, 6.45) is 2.01. The highest BCUT2D eigenvalue weighted by molar-refractivity contribution is 8.00. The molecular formula is C22H25ClN2O3S2. The maximum atomic E-state index is 13.4. The maximum Gasteiger partial charge on any atom is 0.243 e. The first-order valence-corrected chi connectivity index (χ1v) is 12.9. The highest BCUT2D eigenvalue weighted by Crippen LogP contribution is 2.38. The molecule has 2 aliphatic rings. The fraction of sp³-hybridized carbons (Fsp3) is 0.409. The molecule has 4 rings (SSSR count). The number of sulfonamides is 1. The number of hydrogen-bond donors (Lipinski definition) is 0. The first-order valence-electron chi connectivity index (χ1n) is 10.2. The summed E-state index contributed by atoms with van der Waals surface area (Å²) in [5.41, 5.74) is 0.980. The predicted octanol–water partition coefficient (Wildman–Crippen LogP) is 4.66. The highest BCUT2D eigenvalue weighted by Gasteiger charge is 2.35. The van der Waals surface area contributed by atoms with E-state index in [9.17, 15) is 13.2 Å². The van der Waals surface area contributed by atoms with Crippen LogP contribution in [-0.2, 0) is 14.8 Å². The molecule has 30 heavy (non-hydrogen) atoms. The molecule has 1 atom stereocenters. The first kappa shape index (κ1) is 21.7. The van der Waals surface area contributed by atoms with Crippen molar-refractivity contribution in [3.8, 4) is 0 Å². The van der Waals surface area contributed by atoms with Crippen LogP contribution < -0.4 is 4.90 Å². The molecule has 0 spiro atoms. The van der Waals surface area contributed by atoms with Gasteiger partial charge >= 0.3 is 0 Å². The molecule has 2 aromatic rings. The zero-order valence-electron chi connectivity index (χ0n) is 16.8. The number of carbonyl (C=O) groups excluding carboxylic acids is 1. The summed E-state index contributed by atoms with van der Waals surface area (Å²) in [5.74, 6) is -0.0474. The Morgan fingerprint density at radius 2 is 1.67 bits per heavy atom. The molecule has 0 radical (unpaired) electrons. The second kappa shape index (κ2) is 8.91. The Morgan fingerprint density at radius 3 is 2.37 bits per heavy atom. The van der Waals surface area contributed by atoms with Crippen LogP contribution in [0.25, 0.3) is 0 Å². The Hall–Kier alpha value is -1.54. The van der Waals surface area contributed by atoms with Crippen LogP contribution in [0.2, 0.25) is 5.02 Å². The van der Waals surface area contributed by atoms with E-state index in [2.05, 4.69) is 13.0 Å². The van der Waals surface area contributed by atoms with E-state index in [1.54, 1.807) is 12.1 Å². The van der Waals surface area contributed by atoms with E-state index >= 15 is 0 Å². The number of nitrogens with zero attached hydrogens (tertiary/aromatic N) is 2. The molecule has 160 valence electrons. The monoisotopic (exact) mass is 464 g/mol. The van der Waals surface area contributed by atoms with E-state index in [-0.39, 0.29) is 16.7 Å². The van der Waals surface area contributed by atoms with E-state index in [4.69, 9.17) is 11.6 Å². The summed E-state index contributed by atoms with van der Waals surface area (Å²) in [6, 6.07) is 14.3. The van der Waals surface area contributed by atoms with Gasteiger partial charge < -0.3 is 4.90 Å². The van der Waals surface area contributed by atoms with Crippen LogP contribution in [0, 0.1) is 5.92 Å². The van der Waals surface area contributed by atoms with Gasteiger partial charge in [0.2, 0.25) is 15.9 Å². The van der Waals surface area contributed by atoms with Gasteiger partial charge in [-0.15, -0.1) is 11.8 Å². The number of amides is 1.